The first-order valence-corrected chi connectivity index (χ1v) is 7.42. The molecule has 3 rings (SSSR count). The topological polar surface area (TPSA) is 82.7 Å². The van der Waals surface area contributed by atoms with Gasteiger partial charge in [-0.2, -0.15) is 23.1 Å². The first kappa shape index (κ1) is 17.0. The van der Waals surface area contributed by atoms with Crippen molar-refractivity contribution in [1.29, 1.82) is 0 Å². The Kier molecular flexibility index (Phi) is 4.49. The summed E-state index contributed by atoms with van der Waals surface area (Å²) >= 11 is 5.37. The van der Waals surface area contributed by atoms with Crippen LogP contribution in [0.5, 0.6) is 0 Å². The first-order chi connectivity index (χ1) is 11.8. The van der Waals surface area contributed by atoms with Crippen LogP contribution in [0, 0.1) is 0 Å². The monoisotopic (exact) mass is 369 g/mol. The lowest BCUT2D eigenvalue weighted by molar-refractivity contribution is -0.115. The summed E-state index contributed by atoms with van der Waals surface area (Å²) in [4.78, 5) is 22.2. The lowest BCUT2D eigenvalue weighted by Gasteiger charge is -2.11. The molecule has 0 fully saturated rings. The van der Waals surface area contributed by atoms with E-state index >= 15 is 0 Å². The number of nitrogens with zero attached hydrogens (tertiary/aromatic N) is 2. The number of benzene rings is 1. The van der Waals surface area contributed by atoms with Crippen molar-refractivity contribution in [2.24, 2.45) is 0 Å². The third-order valence-corrected chi connectivity index (χ3v) is 3.46. The van der Waals surface area contributed by atoms with Crippen molar-refractivity contribution in [2.45, 2.75) is 6.18 Å². The van der Waals surface area contributed by atoms with E-state index in [-0.39, 0.29) is 11.8 Å². The van der Waals surface area contributed by atoms with E-state index in [1.807, 2.05) is 0 Å². The van der Waals surface area contributed by atoms with Crippen molar-refractivity contribution in [3.63, 3.8) is 0 Å². The molecule has 0 amide bonds. The highest BCUT2D eigenvalue weighted by Gasteiger charge is 2.27. The normalized spacial score (nSPS) is 11.5. The molecule has 10 heteroatoms. The Morgan fingerprint density at radius 3 is 2.52 bits per heavy atom. The predicted octanol–water partition coefficient (Wildman–Crippen LogP) is 4.05. The zero-order chi connectivity index (χ0) is 18.0. The third kappa shape index (κ3) is 4.18. The maximum atomic E-state index is 12.5. The minimum Gasteiger partial charge on any atom is -0.360 e. The maximum absolute atomic E-state index is 12.5. The fourth-order valence-corrected chi connectivity index (χ4v) is 2.26. The third-order valence-electron chi connectivity index (χ3n) is 3.24. The molecule has 0 unspecified atom stereocenters. The van der Waals surface area contributed by atoms with Gasteiger partial charge >= 0.3 is 6.18 Å². The summed E-state index contributed by atoms with van der Waals surface area (Å²) in [5, 5.41) is 4.99. The Hall–Kier alpha value is -2.81. The van der Waals surface area contributed by atoms with E-state index in [1.165, 1.54) is 12.1 Å². The molecular formula is C15H11ClF3N5O. The molecule has 2 aromatic heterocycles. The lowest BCUT2D eigenvalue weighted by atomic mass is 10.2. The molecule has 0 saturated heterocycles. The van der Waals surface area contributed by atoms with Gasteiger partial charge in [0.15, 0.2) is 0 Å². The second-order valence-electron chi connectivity index (χ2n) is 5.08. The van der Waals surface area contributed by atoms with Crippen LogP contribution in [-0.2, 0) is 0 Å². The number of hydrogen-bond acceptors (Lipinski definition) is 5. The Labute approximate surface area is 144 Å². The van der Waals surface area contributed by atoms with Gasteiger partial charge in [0, 0.05) is 17.4 Å². The molecule has 0 aliphatic carbocycles. The fraction of sp³-hybridized carbons (Fsp3) is 0.133. The largest absolute Gasteiger partial charge is 0.405 e. The van der Waals surface area contributed by atoms with Crippen molar-refractivity contribution in [3.05, 3.63) is 42.1 Å². The maximum Gasteiger partial charge on any atom is 0.405 e. The number of aromatic amines is 1. The quantitative estimate of drug-likeness (QED) is 0.591. The first-order valence-electron chi connectivity index (χ1n) is 7.04. The molecule has 25 heavy (non-hydrogen) atoms. The molecule has 0 radical (unpaired) electrons. The molecule has 3 N–H and O–H groups in total. The van der Waals surface area contributed by atoms with Gasteiger partial charge < -0.3 is 15.6 Å². The van der Waals surface area contributed by atoms with Crippen LogP contribution >= 0.6 is 11.6 Å². The molecule has 6 nitrogen and oxygen atoms in total. The number of carbonyl (C=O) groups excluding carboxylic acids is 1. The van der Waals surface area contributed by atoms with Gasteiger partial charge in [-0.25, -0.2) is 0 Å². The highest BCUT2D eigenvalue weighted by Crippen LogP contribution is 2.24. The highest BCUT2D eigenvalue weighted by atomic mass is 35.5. The Morgan fingerprint density at radius 1 is 1.16 bits per heavy atom. The van der Waals surface area contributed by atoms with Crippen LogP contribution < -0.4 is 10.6 Å². The van der Waals surface area contributed by atoms with Gasteiger partial charge in [-0.05, 0) is 41.9 Å². The smallest absolute Gasteiger partial charge is 0.360 e. The molecule has 1 aromatic carbocycles. The predicted molar refractivity (Wildman–Crippen MR) is 88.3 cm³/mol. The van der Waals surface area contributed by atoms with Gasteiger partial charge in [-0.3, -0.25) is 4.79 Å². The zero-order valence-corrected chi connectivity index (χ0v) is 13.2. The number of aromatic nitrogens is 3. The van der Waals surface area contributed by atoms with E-state index in [2.05, 4.69) is 25.6 Å². The summed E-state index contributed by atoms with van der Waals surface area (Å²) in [7, 11) is 0. The Morgan fingerprint density at radius 2 is 1.88 bits per heavy atom. The summed E-state index contributed by atoms with van der Waals surface area (Å²) < 4.78 is 37.4. The van der Waals surface area contributed by atoms with E-state index in [4.69, 9.17) is 11.6 Å². The van der Waals surface area contributed by atoms with E-state index in [0.717, 1.165) is 0 Å². The van der Waals surface area contributed by atoms with E-state index in [0.29, 0.717) is 22.3 Å². The van der Waals surface area contributed by atoms with Gasteiger partial charge in [0.1, 0.15) is 18.0 Å². The van der Waals surface area contributed by atoms with Crippen LogP contribution in [-0.4, -0.2) is 32.9 Å². The number of halogens is 4. The summed E-state index contributed by atoms with van der Waals surface area (Å²) in [5.41, 5.74) is 1.25. The van der Waals surface area contributed by atoms with Crippen molar-refractivity contribution < 1.29 is 18.0 Å². The Bertz CT molecular complexity index is 908. The lowest BCUT2D eigenvalue weighted by Crippen LogP contribution is -2.22. The van der Waals surface area contributed by atoms with Crippen LogP contribution in [0.1, 0.15) is 10.4 Å². The molecule has 3 aromatic rings. The summed E-state index contributed by atoms with van der Waals surface area (Å²) in [6.45, 7) is -1.21. The van der Waals surface area contributed by atoms with E-state index in [9.17, 15) is 18.0 Å². The molecule has 0 saturated carbocycles. The van der Waals surface area contributed by atoms with Crippen molar-refractivity contribution in [1.82, 2.24) is 15.0 Å². The van der Waals surface area contributed by atoms with Crippen LogP contribution in [0.25, 0.3) is 11.0 Å². The number of fused-ring (bicyclic) bond motifs is 1. The Balaban J connectivity index is 1.87. The average molecular weight is 370 g/mol. The molecule has 0 aliphatic heterocycles. The van der Waals surface area contributed by atoms with Gasteiger partial charge in [0.25, 0.3) is 5.24 Å². The zero-order valence-electron chi connectivity index (χ0n) is 12.5. The standard InChI is InChI=1S/C15H11ClF3N5O/c16-11(25)8-1-3-9(4-2-8)22-14-23-12-10(5-6-20-12)13(24-14)21-7-15(17,18)19/h1-6H,7H2,(H3,20,21,22,23,24). The summed E-state index contributed by atoms with van der Waals surface area (Å²) in [6.07, 6.45) is -2.81. The number of anilines is 3. The van der Waals surface area contributed by atoms with Crippen LogP contribution in [0.4, 0.5) is 30.6 Å². The van der Waals surface area contributed by atoms with Crippen molar-refractivity contribution in [3.8, 4) is 0 Å². The van der Waals surface area contributed by atoms with Crippen LogP contribution in [0.3, 0.4) is 0 Å². The minimum absolute atomic E-state index is 0.0543. The number of nitrogens with one attached hydrogen (secondary N) is 3. The number of alkyl halides is 3. The number of hydrogen-bond donors (Lipinski definition) is 3. The van der Waals surface area contributed by atoms with Gasteiger partial charge in [0.05, 0.1) is 5.39 Å². The second kappa shape index (κ2) is 6.60. The number of H-pyrrole nitrogens is 1. The molecule has 130 valence electrons. The minimum atomic E-state index is -4.37. The SMILES string of the molecule is O=C(Cl)c1ccc(Nc2nc(NCC(F)(F)F)c3cc[nH]c3n2)cc1. The molecular weight excluding hydrogens is 359 g/mol. The van der Waals surface area contributed by atoms with Crippen LogP contribution in [0.2, 0.25) is 0 Å². The average Bonchev–Trinajstić information content (AvgIpc) is 3.01. The summed E-state index contributed by atoms with van der Waals surface area (Å²) in [5.74, 6) is 0.156. The van der Waals surface area contributed by atoms with Gasteiger partial charge in [-0.15, -0.1) is 0 Å². The molecule has 0 bridgehead atoms. The van der Waals surface area contributed by atoms with Gasteiger partial charge in [-0.1, -0.05) is 0 Å². The second-order valence-corrected chi connectivity index (χ2v) is 5.42. The van der Waals surface area contributed by atoms with Crippen LogP contribution in [0.15, 0.2) is 36.5 Å². The van der Waals surface area contributed by atoms with Crippen molar-refractivity contribution in [2.75, 3.05) is 17.2 Å². The molecule has 2 heterocycles. The number of carbonyl (C=O) groups is 1. The van der Waals surface area contributed by atoms with Crippen molar-refractivity contribution >= 4 is 45.3 Å². The van der Waals surface area contributed by atoms with E-state index < -0.39 is 18.0 Å². The fourth-order valence-electron chi connectivity index (χ4n) is 2.13. The summed E-state index contributed by atoms with van der Waals surface area (Å²) in [6, 6.07) is 7.77. The molecule has 0 atom stereocenters. The molecule has 0 spiro atoms. The number of rotatable bonds is 5. The molecule has 0 aliphatic rings. The van der Waals surface area contributed by atoms with Gasteiger partial charge in [0.2, 0.25) is 5.95 Å². The highest BCUT2D eigenvalue weighted by molar-refractivity contribution is 6.67. The van der Waals surface area contributed by atoms with E-state index in [1.54, 1.807) is 24.4 Å².